The van der Waals surface area contributed by atoms with Gasteiger partial charge in [-0.3, -0.25) is 4.99 Å². The standard InChI is InChI=1S/C30H44N2/c1-20(2)16-26-13-10-12-23(7)29(26)31-24(8)19-25(9)32-30-27(17-21(3)4)14-11-15-28(30)18-22(5)6/h10-15,19-22,32H,16-18H2,1-9H3. The molecule has 2 nitrogen and oxygen atoms in total. The van der Waals surface area contributed by atoms with Crippen LogP contribution in [0.3, 0.4) is 0 Å². The van der Waals surface area contributed by atoms with E-state index in [0.29, 0.717) is 17.8 Å². The molecular weight excluding hydrogens is 388 g/mol. The first-order chi connectivity index (χ1) is 15.1. The van der Waals surface area contributed by atoms with E-state index in [4.69, 9.17) is 4.99 Å². The first-order valence-corrected chi connectivity index (χ1v) is 12.3. The van der Waals surface area contributed by atoms with E-state index in [0.717, 1.165) is 36.4 Å². The predicted octanol–water partition coefficient (Wildman–Crippen LogP) is 8.70. The molecule has 0 spiro atoms. The largest absolute Gasteiger partial charge is 0.359 e. The zero-order chi connectivity index (χ0) is 23.8. The van der Waals surface area contributed by atoms with Crippen LogP contribution in [0.1, 0.15) is 77.6 Å². The van der Waals surface area contributed by atoms with Crippen molar-refractivity contribution in [1.29, 1.82) is 0 Å². The Morgan fingerprint density at radius 3 is 1.78 bits per heavy atom. The number of para-hydroxylation sites is 2. The van der Waals surface area contributed by atoms with Crippen molar-refractivity contribution in [2.24, 2.45) is 22.7 Å². The summed E-state index contributed by atoms with van der Waals surface area (Å²) in [5, 5.41) is 3.75. The third-order valence-corrected chi connectivity index (χ3v) is 5.48. The number of nitrogens with one attached hydrogen (secondary N) is 1. The van der Waals surface area contributed by atoms with Crippen molar-refractivity contribution in [3.05, 3.63) is 70.4 Å². The summed E-state index contributed by atoms with van der Waals surface area (Å²) in [6.45, 7) is 20.1. The first-order valence-electron chi connectivity index (χ1n) is 12.3. The number of rotatable bonds is 10. The first kappa shape index (κ1) is 25.9. The number of allylic oxidation sites excluding steroid dienone is 2. The molecule has 2 heteroatoms. The van der Waals surface area contributed by atoms with Gasteiger partial charge in [0.05, 0.1) is 5.69 Å². The Balaban J connectivity index is 2.37. The van der Waals surface area contributed by atoms with Crippen LogP contribution < -0.4 is 5.32 Å². The van der Waals surface area contributed by atoms with Crippen molar-refractivity contribution in [3.8, 4) is 0 Å². The Bertz CT molecular complexity index is 917. The molecule has 0 radical (unpaired) electrons. The van der Waals surface area contributed by atoms with Crippen LogP contribution in [-0.2, 0) is 19.3 Å². The summed E-state index contributed by atoms with van der Waals surface area (Å²) in [6, 6.07) is 13.3. The van der Waals surface area contributed by atoms with Crippen LogP contribution in [0, 0.1) is 24.7 Å². The summed E-state index contributed by atoms with van der Waals surface area (Å²) in [5.74, 6) is 1.86. The fourth-order valence-electron chi connectivity index (χ4n) is 4.27. The lowest BCUT2D eigenvalue weighted by molar-refractivity contribution is 0.637. The molecule has 0 unspecified atom stereocenters. The lowest BCUT2D eigenvalue weighted by Gasteiger charge is -2.19. The quantitative estimate of drug-likeness (QED) is 0.373. The highest BCUT2D eigenvalue weighted by Gasteiger charge is 2.12. The van der Waals surface area contributed by atoms with Crippen molar-refractivity contribution in [2.45, 2.75) is 81.6 Å². The third-order valence-electron chi connectivity index (χ3n) is 5.48. The average molecular weight is 433 g/mol. The Morgan fingerprint density at radius 2 is 1.25 bits per heavy atom. The minimum absolute atomic E-state index is 0.613. The van der Waals surface area contributed by atoms with Gasteiger partial charge in [-0.2, -0.15) is 0 Å². The van der Waals surface area contributed by atoms with Crippen LogP contribution >= 0.6 is 0 Å². The Kier molecular flexibility index (Phi) is 9.75. The van der Waals surface area contributed by atoms with Gasteiger partial charge in [-0.15, -0.1) is 0 Å². The molecule has 0 bridgehead atoms. The monoisotopic (exact) mass is 432 g/mol. The van der Waals surface area contributed by atoms with E-state index >= 15 is 0 Å². The molecule has 174 valence electrons. The van der Waals surface area contributed by atoms with Crippen molar-refractivity contribution in [2.75, 3.05) is 5.32 Å². The van der Waals surface area contributed by atoms with Crippen molar-refractivity contribution in [1.82, 2.24) is 0 Å². The second-order valence-electron chi connectivity index (χ2n) is 10.5. The molecule has 0 fully saturated rings. The molecule has 0 heterocycles. The smallest absolute Gasteiger partial charge is 0.0694 e. The lowest BCUT2D eigenvalue weighted by atomic mass is 9.94. The molecule has 2 aromatic rings. The summed E-state index contributed by atoms with van der Waals surface area (Å²) in [7, 11) is 0. The molecule has 1 N–H and O–H groups in total. The van der Waals surface area contributed by atoms with E-state index < -0.39 is 0 Å². The van der Waals surface area contributed by atoms with Gasteiger partial charge < -0.3 is 5.32 Å². The van der Waals surface area contributed by atoms with Crippen LogP contribution in [-0.4, -0.2) is 5.71 Å². The summed E-state index contributed by atoms with van der Waals surface area (Å²) in [6.07, 6.45) is 5.39. The Morgan fingerprint density at radius 1 is 0.781 bits per heavy atom. The van der Waals surface area contributed by atoms with Gasteiger partial charge in [0.2, 0.25) is 0 Å². The molecule has 0 aliphatic heterocycles. The Hall–Kier alpha value is -2.35. The van der Waals surface area contributed by atoms with Crippen LogP contribution in [0.2, 0.25) is 0 Å². The number of aliphatic imine (C=N–C) groups is 1. The van der Waals surface area contributed by atoms with Crippen LogP contribution in [0.4, 0.5) is 11.4 Å². The maximum absolute atomic E-state index is 5.04. The SMILES string of the molecule is CC(=CC(C)=Nc1c(C)cccc1CC(C)C)Nc1c(CC(C)C)cccc1CC(C)C. The van der Waals surface area contributed by atoms with E-state index in [9.17, 15) is 0 Å². The Labute approximate surface area is 197 Å². The van der Waals surface area contributed by atoms with E-state index in [1.54, 1.807) is 0 Å². The van der Waals surface area contributed by atoms with Gasteiger partial charge in [-0.25, -0.2) is 0 Å². The van der Waals surface area contributed by atoms with E-state index in [1.165, 1.54) is 27.9 Å². The highest BCUT2D eigenvalue weighted by Crippen LogP contribution is 2.29. The van der Waals surface area contributed by atoms with Gasteiger partial charge in [0, 0.05) is 17.1 Å². The van der Waals surface area contributed by atoms with Gasteiger partial charge in [0.25, 0.3) is 0 Å². The minimum atomic E-state index is 0.613. The van der Waals surface area contributed by atoms with Gasteiger partial charge in [0.1, 0.15) is 0 Å². The van der Waals surface area contributed by atoms with E-state index in [-0.39, 0.29) is 0 Å². The molecule has 2 rings (SSSR count). The molecule has 32 heavy (non-hydrogen) atoms. The van der Waals surface area contributed by atoms with Crippen LogP contribution in [0.5, 0.6) is 0 Å². The number of aryl methyl sites for hydroxylation is 1. The molecule has 2 aromatic carbocycles. The lowest BCUT2D eigenvalue weighted by Crippen LogP contribution is -2.08. The predicted molar refractivity (Wildman–Crippen MR) is 143 cm³/mol. The second kappa shape index (κ2) is 12.0. The molecular formula is C30H44N2. The van der Waals surface area contributed by atoms with Gasteiger partial charge in [0.15, 0.2) is 0 Å². The van der Waals surface area contributed by atoms with Gasteiger partial charge >= 0.3 is 0 Å². The van der Waals surface area contributed by atoms with Crippen LogP contribution in [0.25, 0.3) is 0 Å². The van der Waals surface area contributed by atoms with Crippen molar-refractivity contribution >= 4 is 17.1 Å². The molecule has 0 saturated heterocycles. The molecule has 0 aromatic heterocycles. The molecule has 0 amide bonds. The second-order valence-corrected chi connectivity index (χ2v) is 10.5. The maximum Gasteiger partial charge on any atom is 0.0694 e. The van der Waals surface area contributed by atoms with Crippen LogP contribution in [0.15, 0.2) is 53.2 Å². The van der Waals surface area contributed by atoms with E-state index in [1.807, 2.05) is 0 Å². The number of anilines is 1. The average Bonchev–Trinajstić information content (AvgIpc) is 2.65. The molecule has 0 saturated carbocycles. The zero-order valence-corrected chi connectivity index (χ0v) is 21.8. The minimum Gasteiger partial charge on any atom is -0.359 e. The number of nitrogens with zero attached hydrogens (tertiary/aromatic N) is 1. The highest BCUT2D eigenvalue weighted by atomic mass is 14.9. The molecule has 0 aliphatic rings. The van der Waals surface area contributed by atoms with Gasteiger partial charge in [-0.1, -0.05) is 77.9 Å². The number of hydrogen-bond acceptors (Lipinski definition) is 2. The van der Waals surface area contributed by atoms with Gasteiger partial charge in [-0.05, 0) is 86.1 Å². The topological polar surface area (TPSA) is 24.4 Å². The summed E-state index contributed by atoms with van der Waals surface area (Å²) >= 11 is 0. The molecule has 0 atom stereocenters. The number of benzene rings is 2. The van der Waals surface area contributed by atoms with E-state index in [2.05, 4.69) is 110 Å². The number of hydrogen-bond donors (Lipinski definition) is 1. The summed E-state index contributed by atoms with van der Waals surface area (Å²) < 4.78 is 0. The summed E-state index contributed by atoms with van der Waals surface area (Å²) in [4.78, 5) is 5.04. The maximum atomic E-state index is 5.04. The fourth-order valence-corrected chi connectivity index (χ4v) is 4.27. The normalized spacial score (nSPS) is 12.9. The zero-order valence-electron chi connectivity index (χ0n) is 21.8. The summed E-state index contributed by atoms with van der Waals surface area (Å²) in [5.41, 5.74) is 9.95. The van der Waals surface area contributed by atoms with Crippen molar-refractivity contribution in [3.63, 3.8) is 0 Å². The van der Waals surface area contributed by atoms with Crippen molar-refractivity contribution < 1.29 is 0 Å². The molecule has 0 aliphatic carbocycles. The fraction of sp³-hybridized carbons (Fsp3) is 0.500. The highest BCUT2D eigenvalue weighted by molar-refractivity contribution is 5.96. The third kappa shape index (κ3) is 7.97.